The summed E-state index contributed by atoms with van der Waals surface area (Å²) in [5.41, 5.74) is 1.09. The van der Waals surface area contributed by atoms with Crippen molar-refractivity contribution >= 4 is 11.6 Å². The average Bonchev–Trinajstić information content (AvgIpc) is 2.88. The second-order valence-corrected chi connectivity index (χ2v) is 5.75. The standard InChI is InChI=1S/C14H20ClN3O/c15-14-8-16-4-3-11(14)6-17-7-13-9-18-5-1-2-12(18)10-19-13/h3-4,8,12-13,17H,1-2,5-7,9-10H2. The number of pyridine rings is 1. The van der Waals surface area contributed by atoms with Gasteiger partial charge in [0.25, 0.3) is 0 Å². The van der Waals surface area contributed by atoms with E-state index in [1.165, 1.54) is 19.4 Å². The number of ether oxygens (including phenoxy) is 1. The van der Waals surface area contributed by atoms with Gasteiger partial charge in [-0.05, 0) is 31.0 Å². The zero-order valence-corrected chi connectivity index (χ0v) is 11.8. The molecule has 0 aliphatic carbocycles. The summed E-state index contributed by atoms with van der Waals surface area (Å²) in [4.78, 5) is 6.55. The Bertz CT molecular complexity index is 429. The molecule has 104 valence electrons. The number of halogens is 1. The minimum Gasteiger partial charge on any atom is -0.374 e. The number of hydrogen-bond donors (Lipinski definition) is 1. The van der Waals surface area contributed by atoms with Crippen molar-refractivity contribution in [3.05, 3.63) is 29.0 Å². The van der Waals surface area contributed by atoms with Gasteiger partial charge in [0.2, 0.25) is 0 Å². The van der Waals surface area contributed by atoms with Gasteiger partial charge in [-0.25, -0.2) is 0 Å². The van der Waals surface area contributed by atoms with Crippen LogP contribution in [0, 0.1) is 0 Å². The van der Waals surface area contributed by atoms with Crippen LogP contribution in [0.5, 0.6) is 0 Å². The number of rotatable bonds is 4. The van der Waals surface area contributed by atoms with Crippen LogP contribution in [0.3, 0.4) is 0 Å². The molecule has 5 heteroatoms. The van der Waals surface area contributed by atoms with Crippen LogP contribution in [-0.2, 0) is 11.3 Å². The quantitative estimate of drug-likeness (QED) is 0.911. The van der Waals surface area contributed by atoms with Crippen molar-refractivity contribution in [2.24, 2.45) is 0 Å². The third kappa shape index (κ3) is 3.26. The summed E-state index contributed by atoms with van der Waals surface area (Å²) in [6.07, 6.45) is 6.38. The maximum Gasteiger partial charge on any atom is 0.0827 e. The van der Waals surface area contributed by atoms with E-state index in [9.17, 15) is 0 Å². The summed E-state index contributed by atoms with van der Waals surface area (Å²) in [6.45, 7) is 4.83. The molecule has 0 bridgehead atoms. The van der Waals surface area contributed by atoms with E-state index in [1.54, 1.807) is 12.4 Å². The van der Waals surface area contributed by atoms with E-state index in [2.05, 4.69) is 15.2 Å². The number of fused-ring (bicyclic) bond motifs is 1. The maximum absolute atomic E-state index is 6.08. The molecule has 2 fully saturated rings. The molecule has 2 aliphatic heterocycles. The largest absolute Gasteiger partial charge is 0.374 e. The molecule has 0 radical (unpaired) electrons. The summed E-state index contributed by atoms with van der Waals surface area (Å²) in [5, 5.41) is 4.15. The molecule has 2 unspecified atom stereocenters. The van der Waals surface area contributed by atoms with Crippen LogP contribution < -0.4 is 5.32 Å². The molecule has 2 atom stereocenters. The van der Waals surface area contributed by atoms with Crippen LogP contribution in [0.15, 0.2) is 18.5 Å². The normalized spacial score (nSPS) is 27.4. The average molecular weight is 282 g/mol. The number of nitrogens with one attached hydrogen (secondary N) is 1. The van der Waals surface area contributed by atoms with Crippen molar-refractivity contribution in [3.8, 4) is 0 Å². The predicted octanol–water partition coefficient (Wildman–Crippen LogP) is 1.69. The highest BCUT2D eigenvalue weighted by Crippen LogP contribution is 2.22. The Morgan fingerprint density at radius 3 is 3.37 bits per heavy atom. The van der Waals surface area contributed by atoms with E-state index in [-0.39, 0.29) is 0 Å². The van der Waals surface area contributed by atoms with E-state index in [4.69, 9.17) is 16.3 Å². The second kappa shape index (κ2) is 6.18. The topological polar surface area (TPSA) is 37.4 Å². The van der Waals surface area contributed by atoms with Gasteiger partial charge in [-0.2, -0.15) is 0 Å². The van der Waals surface area contributed by atoms with Crippen molar-refractivity contribution < 1.29 is 4.74 Å². The molecule has 4 nitrogen and oxygen atoms in total. The zero-order valence-electron chi connectivity index (χ0n) is 11.0. The fraction of sp³-hybridized carbons (Fsp3) is 0.643. The lowest BCUT2D eigenvalue weighted by atomic mass is 10.2. The number of hydrogen-bond acceptors (Lipinski definition) is 4. The van der Waals surface area contributed by atoms with E-state index in [0.29, 0.717) is 12.1 Å². The highest BCUT2D eigenvalue weighted by molar-refractivity contribution is 6.31. The van der Waals surface area contributed by atoms with E-state index < -0.39 is 0 Å². The smallest absolute Gasteiger partial charge is 0.0827 e. The lowest BCUT2D eigenvalue weighted by Crippen LogP contribution is -2.49. The SMILES string of the molecule is Clc1cnccc1CNCC1CN2CCCC2CO1. The molecular weight excluding hydrogens is 262 g/mol. The molecule has 1 aromatic heterocycles. The summed E-state index contributed by atoms with van der Waals surface area (Å²) >= 11 is 6.08. The molecule has 0 spiro atoms. The Labute approximate surface area is 119 Å². The highest BCUT2D eigenvalue weighted by atomic mass is 35.5. The van der Waals surface area contributed by atoms with Crippen molar-refractivity contribution in [1.29, 1.82) is 0 Å². The van der Waals surface area contributed by atoms with Gasteiger partial charge in [0.05, 0.1) is 17.7 Å². The minimum atomic E-state index is 0.301. The molecule has 3 heterocycles. The highest BCUT2D eigenvalue weighted by Gasteiger charge is 2.31. The van der Waals surface area contributed by atoms with Crippen molar-refractivity contribution in [2.45, 2.75) is 31.5 Å². The van der Waals surface area contributed by atoms with E-state index in [1.807, 2.05) is 6.07 Å². The fourth-order valence-corrected chi connectivity index (χ4v) is 3.11. The molecular formula is C14H20ClN3O. The van der Waals surface area contributed by atoms with Crippen LogP contribution in [0.4, 0.5) is 0 Å². The van der Waals surface area contributed by atoms with E-state index in [0.717, 1.165) is 36.8 Å². The van der Waals surface area contributed by atoms with Gasteiger partial charge in [-0.3, -0.25) is 9.88 Å². The lowest BCUT2D eigenvalue weighted by Gasteiger charge is -2.35. The molecule has 1 N–H and O–H groups in total. The number of morpholine rings is 1. The minimum absolute atomic E-state index is 0.301. The van der Waals surface area contributed by atoms with Gasteiger partial charge in [-0.1, -0.05) is 11.6 Å². The summed E-state index contributed by atoms with van der Waals surface area (Å²) < 4.78 is 5.91. The van der Waals surface area contributed by atoms with Crippen molar-refractivity contribution in [2.75, 3.05) is 26.2 Å². The van der Waals surface area contributed by atoms with Crippen molar-refractivity contribution in [1.82, 2.24) is 15.2 Å². The first kappa shape index (κ1) is 13.3. The Kier molecular flexibility index (Phi) is 4.33. The Morgan fingerprint density at radius 2 is 2.47 bits per heavy atom. The molecule has 0 aromatic carbocycles. The van der Waals surface area contributed by atoms with Gasteiger partial charge < -0.3 is 10.1 Å². The molecule has 3 rings (SSSR count). The second-order valence-electron chi connectivity index (χ2n) is 5.34. The molecule has 1 aromatic rings. The number of aromatic nitrogens is 1. The van der Waals surface area contributed by atoms with Gasteiger partial charge in [0, 0.05) is 38.1 Å². The van der Waals surface area contributed by atoms with Crippen LogP contribution in [0.1, 0.15) is 18.4 Å². The molecule has 0 saturated carbocycles. The third-order valence-electron chi connectivity index (χ3n) is 4.01. The maximum atomic E-state index is 6.08. The Hall–Kier alpha value is -0.680. The first-order valence-corrected chi connectivity index (χ1v) is 7.35. The zero-order chi connectivity index (χ0) is 13.1. The first-order valence-electron chi connectivity index (χ1n) is 6.97. The number of nitrogens with zero attached hydrogens (tertiary/aromatic N) is 2. The molecule has 0 amide bonds. The Balaban J connectivity index is 1.44. The van der Waals surface area contributed by atoms with Crippen LogP contribution in [0.25, 0.3) is 0 Å². The Morgan fingerprint density at radius 1 is 1.53 bits per heavy atom. The van der Waals surface area contributed by atoms with Crippen LogP contribution >= 0.6 is 11.6 Å². The van der Waals surface area contributed by atoms with Crippen LogP contribution in [0.2, 0.25) is 5.02 Å². The van der Waals surface area contributed by atoms with Gasteiger partial charge in [0.1, 0.15) is 0 Å². The molecule has 2 saturated heterocycles. The third-order valence-corrected chi connectivity index (χ3v) is 4.35. The lowest BCUT2D eigenvalue weighted by molar-refractivity contribution is -0.0470. The van der Waals surface area contributed by atoms with E-state index >= 15 is 0 Å². The predicted molar refractivity (Wildman–Crippen MR) is 75.3 cm³/mol. The molecule has 2 aliphatic rings. The van der Waals surface area contributed by atoms with Gasteiger partial charge >= 0.3 is 0 Å². The van der Waals surface area contributed by atoms with Gasteiger partial charge in [0.15, 0.2) is 0 Å². The van der Waals surface area contributed by atoms with Gasteiger partial charge in [-0.15, -0.1) is 0 Å². The van der Waals surface area contributed by atoms with Crippen molar-refractivity contribution in [3.63, 3.8) is 0 Å². The summed E-state index contributed by atoms with van der Waals surface area (Å²) in [6, 6.07) is 2.62. The summed E-state index contributed by atoms with van der Waals surface area (Å²) in [7, 11) is 0. The monoisotopic (exact) mass is 281 g/mol. The molecule has 19 heavy (non-hydrogen) atoms. The summed E-state index contributed by atoms with van der Waals surface area (Å²) in [5.74, 6) is 0. The van der Waals surface area contributed by atoms with Crippen LogP contribution in [-0.4, -0.2) is 48.3 Å². The first-order chi connectivity index (χ1) is 9.33. The fourth-order valence-electron chi connectivity index (χ4n) is 2.92.